The van der Waals surface area contributed by atoms with E-state index in [2.05, 4.69) is 10.6 Å². The highest BCUT2D eigenvalue weighted by atomic mass is 16.6. The SMILES string of the molecule is COc1ccc([N+](=O)[O-])cc1C[C@@H](NC(=O)[C@H](CC(C)C)NC(=O)OCc1ccccc1)C(=O)O. The van der Waals surface area contributed by atoms with Crippen LogP contribution in [0.25, 0.3) is 0 Å². The molecule has 0 fully saturated rings. The Balaban J connectivity index is 2.12. The topological polar surface area (TPSA) is 157 Å². The number of benzene rings is 2. The Bertz CT molecular complexity index is 1040. The molecule has 0 aliphatic rings. The molecule has 2 amide bonds. The predicted octanol–water partition coefficient (Wildman–Crippen LogP) is 3.06. The van der Waals surface area contributed by atoms with Crippen LogP contribution >= 0.6 is 0 Å². The van der Waals surface area contributed by atoms with Crippen LogP contribution in [0.1, 0.15) is 31.4 Å². The number of non-ortho nitro benzene ring substituents is 1. The standard InChI is InChI=1S/C24H29N3O8/c1-15(2)11-19(26-24(31)35-14-16-7-5-4-6-8-16)22(28)25-20(23(29)30)13-17-12-18(27(32)33)9-10-21(17)34-3/h4-10,12,15,19-20H,11,13-14H2,1-3H3,(H,25,28)(H,26,31)(H,29,30)/t19-,20+/m0/s1. The molecular weight excluding hydrogens is 458 g/mol. The second-order valence-corrected chi connectivity index (χ2v) is 8.24. The van der Waals surface area contributed by atoms with Crippen molar-refractivity contribution in [3.8, 4) is 5.75 Å². The predicted molar refractivity (Wildman–Crippen MR) is 126 cm³/mol. The van der Waals surface area contributed by atoms with Gasteiger partial charge < -0.3 is 25.2 Å². The summed E-state index contributed by atoms with van der Waals surface area (Å²) in [7, 11) is 1.35. The summed E-state index contributed by atoms with van der Waals surface area (Å²) in [6.45, 7) is 3.70. The molecule has 35 heavy (non-hydrogen) atoms. The monoisotopic (exact) mass is 487 g/mol. The van der Waals surface area contributed by atoms with Gasteiger partial charge in [-0.2, -0.15) is 0 Å². The van der Waals surface area contributed by atoms with E-state index in [1.165, 1.54) is 25.3 Å². The largest absolute Gasteiger partial charge is 0.496 e. The highest BCUT2D eigenvalue weighted by Gasteiger charge is 2.29. The maximum absolute atomic E-state index is 12.9. The molecule has 0 spiro atoms. The van der Waals surface area contributed by atoms with Crippen molar-refractivity contribution in [1.82, 2.24) is 10.6 Å². The van der Waals surface area contributed by atoms with Crippen LogP contribution in [0.2, 0.25) is 0 Å². The zero-order chi connectivity index (χ0) is 26.0. The first-order valence-corrected chi connectivity index (χ1v) is 10.9. The van der Waals surface area contributed by atoms with Crippen LogP contribution in [0.4, 0.5) is 10.5 Å². The van der Waals surface area contributed by atoms with Gasteiger partial charge in [-0.15, -0.1) is 0 Å². The average Bonchev–Trinajstić information content (AvgIpc) is 2.82. The van der Waals surface area contributed by atoms with Gasteiger partial charge in [-0.05, 0) is 24.0 Å². The Kier molecular flexibility index (Phi) is 10.0. The molecule has 0 heterocycles. The first-order chi connectivity index (χ1) is 16.6. The lowest BCUT2D eigenvalue weighted by atomic mass is 10.0. The summed E-state index contributed by atoms with van der Waals surface area (Å²) in [5.74, 6) is -1.81. The molecule has 11 nitrogen and oxygen atoms in total. The van der Waals surface area contributed by atoms with Gasteiger partial charge in [0.15, 0.2) is 0 Å². The van der Waals surface area contributed by atoms with E-state index in [1.807, 2.05) is 19.9 Å². The van der Waals surface area contributed by atoms with Gasteiger partial charge in [0.25, 0.3) is 5.69 Å². The van der Waals surface area contributed by atoms with E-state index < -0.39 is 35.0 Å². The van der Waals surface area contributed by atoms with Crippen molar-refractivity contribution in [2.45, 2.75) is 45.4 Å². The number of hydrogen-bond donors (Lipinski definition) is 3. The average molecular weight is 488 g/mol. The Morgan fingerprint density at radius 3 is 2.31 bits per heavy atom. The molecule has 2 aromatic carbocycles. The Labute approximate surface area is 202 Å². The van der Waals surface area contributed by atoms with Gasteiger partial charge in [0.2, 0.25) is 5.91 Å². The summed E-state index contributed by atoms with van der Waals surface area (Å²) in [6.07, 6.45) is -0.848. The smallest absolute Gasteiger partial charge is 0.408 e. The van der Waals surface area contributed by atoms with E-state index in [9.17, 15) is 29.6 Å². The number of rotatable bonds is 12. The normalized spacial score (nSPS) is 12.3. The van der Waals surface area contributed by atoms with Crippen molar-refractivity contribution < 1.29 is 33.9 Å². The Hall–Kier alpha value is -4.15. The maximum atomic E-state index is 12.9. The molecule has 2 rings (SSSR count). The molecule has 3 N–H and O–H groups in total. The van der Waals surface area contributed by atoms with Gasteiger partial charge in [0, 0.05) is 24.1 Å². The summed E-state index contributed by atoms with van der Waals surface area (Å²) >= 11 is 0. The summed E-state index contributed by atoms with van der Waals surface area (Å²) < 4.78 is 10.4. The van der Waals surface area contributed by atoms with Gasteiger partial charge in [0.05, 0.1) is 12.0 Å². The van der Waals surface area contributed by atoms with Crippen LogP contribution in [-0.2, 0) is 27.4 Å². The Morgan fingerprint density at radius 1 is 1.06 bits per heavy atom. The van der Waals surface area contributed by atoms with E-state index in [0.29, 0.717) is 0 Å². The van der Waals surface area contributed by atoms with Crippen LogP contribution in [0.3, 0.4) is 0 Å². The molecule has 2 atom stereocenters. The van der Waals surface area contributed by atoms with E-state index in [4.69, 9.17) is 9.47 Å². The van der Waals surface area contributed by atoms with Crippen molar-refractivity contribution in [3.05, 3.63) is 69.8 Å². The van der Waals surface area contributed by atoms with Crippen molar-refractivity contribution in [2.24, 2.45) is 5.92 Å². The number of carboxylic acid groups (broad SMARTS) is 1. The first-order valence-electron chi connectivity index (χ1n) is 10.9. The second kappa shape index (κ2) is 12.9. The molecule has 0 aromatic heterocycles. The molecule has 0 radical (unpaired) electrons. The minimum absolute atomic E-state index is 0.000295. The minimum atomic E-state index is -1.42. The molecule has 0 saturated heterocycles. The Morgan fingerprint density at radius 2 is 1.74 bits per heavy atom. The quantitative estimate of drug-likeness (QED) is 0.304. The number of carboxylic acids is 1. The van der Waals surface area contributed by atoms with Gasteiger partial charge in [0.1, 0.15) is 24.4 Å². The third kappa shape index (κ3) is 8.61. The number of nitrogens with zero attached hydrogens (tertiary/aromatic N) is 1. The lowest BCUT2D eigenvalue weighted by Gasteiger charge is -2.23. The molecule has 0 aliphatic heterocycles. The number of carbonyl (C=O) groups is 3. The zero-order valence-corrected chi connectivity index (χ0v) is 19.7. The first kappa shape index (κ1) is 27.1. The minimum Gasteiger partial charge on any atom is -0.496 e. The van der Waals surface area contributed by atoms with E-state index in [1.54, 1.807) is 24.3 Å². The van der Waals surface area contributed by atoms with Crippen LogP contribution in [-0.4, -0.2) is 47.2 Å². The molecule has 2 aromatic rings. The molecule has 0 unspecified atom stereocenters. The number of amides is 2. The molecule has 0 saturated carbocycles. The number of carbonyl (C=O) groups excluding carboxylic acids is 2. The van der Waals surface area contributed by atoms with Crippen LogP contribution in [0, 0.1) is 16.0 Å². The van der Waals surface area contributed by atoms with Crippen molar-refractivity contribution in [3.63, 3.8) is 0 Å². The van der Waals surface area contributed by atoms with Crippen molar-refractivity contribution in [2.75, 3.05) is 7.11 Å². The number of methoxy groups -OCH3 is 1. The second-order valence-electron chi connectivity index (χ2n) is 8.24. The van der Waals surface area contributed by atoms with Gasteiger partial charge in [-0.1, -0.05) is 44.2 Å². The summed E-state index contributed by atoms with van der Waals surface area (Å²) in [5.41, 5.74) is 0.770. The fraction of sp³-hybridized carbons (Fsp3) is 0.375. The molecular formula is C24H29N3O8. The fourth-order valence-corrected chi connectivity index (χ4v) is 3.34. The maximum Gasteiger partial charge on any atom is 0.408 e. The lowest BCUT2D eigenvalue weighted by Crippen LogP contribution is -2.52. The molecule has 0 aliphatic carbocycles. The van der Waals surface area contributed by atoms with Crippen LogP contribution in [0.15, 0.2) is 48.5 Å². The summed E-state index contributed by atoms with van der Waals surface area (Å²) in [6, 6.07) is 10.3. The zero-order valence-electron chi connectivity index (χ0n) is 19.7. The van der Waals surface area contributed by atoms with Gasteiger partial charge in [-0.25, -0.2) is 9.59 Å². The number of aliphatic carboxylic acids is 1. The van der Waals surface area contributed by atoms with Gasteiger partial charge in [-0.3, -0.25) is 14.9 Å². The third-order valence-corrected chi connectivity index (χ3v) is 5.04. The van der Waals surface area contributed by atoms with Crippen LogP contribution in [0.5, 0.6) is 5.75 Å². The number of nitrogens with one attached hydrogen (secondary N) is 2. The van der Waals surface area contributed by atoms with E-state index in [0.717, 1.165) is 5.56 Å². The highest BCUT2D eigenvalue weighted by Crippen LogP contribution is 2.25. The fourth-order valence-electron chi connectivity index (χ4n) is 3.34. The summed E-state index contributed by atoms with van der Waals surface area (Å²) in [5, 5.41) is 25.7. The van der Waals surface area contributed by atoms with E-state index >= 15 is 0 Å². The highest BCUT2D eigenvalue weighted by molar-refractivity contribution is 5.89. The molecule has 0 bridgehead atoms. The number of nitro groups is 1. The van der Waals surface area contributed by atoms with E-state index in [-0.39, 0.29) is 42.4 Å². The lowest BCUT2D eigenvalue weighted by molar-refractivity contribution is -0.384. The van der Waals surface area contributed by atoms with Crippen LogP contribution < -0.4 is 15.4 Å². The van der Waals surface area contributed by atoms with Gasteiger partial charge >= 0.3 is 12.1 Å². The third-order valence-electron chi connectivity index (χ3n) is 5.04. The summed E-state index contributed by atoms with van der Waals surface area (Å²) in [4.78, 5) is 47.6. The molecule has 188 valence electrons. The number of ether oxygens (including phenoxy) is 2. The van der Waals surface area contributed by atoms with Crippen molar-refractivity contribution >= 4 is 23.7 Å². The number of nitro benzene ring substituents is 1. The van der Waals surface area contributed by atoms with Crippen molar-refractivity contribution in [1.29, 1.82) is 0 Å². The number of hydrogen-bond acceptors (Lipinski definition) is 7. The molecule has 11 heteroatoms. The number of alkyl carbamates (subject to hydrolysis) is 1.